The summed E-state index contributed by atoms with van der Waals surface area (Å²) in [5.74, 6) is -1.08. The van der Waals surface area contributed by atoms with E-state index in [0.717, 1.165) is 49.7 Å². The van der Waals surface area contributed by atoms with Crippen LogP contribution in [-0.2, 0) is 21.1 Å². The van der Waals surface area contributed by atoms with Crippen molar-refractivity contribution in [2.24, 2.45) is 5.41 Å². The molecule has 0 aliphatic heterocycles. The molecule has 1 fully saturated rings. The summed E-state index contributed by atoms with van der Waals surface area (Å²) < 4.78 is 22.9. The molecule has 0 saturated heterocycles. The average molecular weight is 560 g/mol. The first-order chi connectivity index (χ1) is 17.9. The summed E-state index contributed by atoms with van der Waals surface area (Å²) in [5, 5.41) is 15.9. The van der Waals surface area contributed by atoms with Crippen LogP contribution in [0.4, 0.5) is 5.69 Å². The lowest BCUT2D eigenvalue weighted by Gasteiger charge is -2.32. The lowest BCUT2D eigenvalue weighted by Crippen LogP contribution is -2.47. The summed E-state index contributed by atoms with van der Waals surface area (Å²) in [5.41, 5.74) is 3.16. The van der Waals surface area contributed by atoms with E-state index in [1.165, 1.54) is 6.26 Å². The molecule has 38 heavy (non-hydrogen) atoms. The first-order valence-corrected chi connectivity index (χ1v) is 15.4. The van der Waals surface area contributed by atoms with Crippen LogP contribution in [0.5, 0.6) is 0 Å². The van der Waals surface area contributed by atoms with Crippen molar-refractivity contribution < 1.29 is 23.1 Å². The van der Waals surface area contributed by atoms with E-state index < -0.39 is 21.8 Å². The number of nitrogens with zero attached hydrogens (tertiary/aromatic N) is 1. The van der Waals surface area contributed by atoms with Crippen molar-refractivity contribution >= 4 is 44.6 Å². The highest BCUT2D eigenvalue weighted by Gasteiger charge is 2.39. The van der Waals surface area contributed by atoms with Crippen molar-refractivity contribution in [3.63, 3.8) is 0 Å². The van der Waals surface area contributed by atoms with Crippen molar-refractivity contribution in [3.8, 4) is 0 Å². The number of carbonyl (C=O) groups excluding carboxylic acids is 1. The molecule has 206 valence electrons. The second kappa shape index (κ2) is 12.8. The number of rotatable bonds is 12. The largest absolute Gasteiger partial charge is 0.480 e. The highest BCUT2D eigenvalue weighted by atomic mass is 32.2. The Bertz CT molecular complexity index is 1250. The molecule has 1 amide bonds. The molecule has 3 rings (SSSR count). The molecule has 1 aliphatic rings. The van der Waals surface area contributed by atoms with Gasteiger partial charge in [0, 0.05) is 35.7 Å². The number of sulfone groups is 1. The van der Waals surface area contributed by atoms with E-state index >= 15 is 0 Å². The third-order valence-corrected chi connectivity index (χ3v) is 8.87. The number of aliphatic carboxylic acids is 1. The highest BCUT2D eigenvalue weighted by molar-refractivity contribution is 7.90. The minimum Gasteiger partial charge on any atom is -0.480 e. The lowest BCUT2D eigenvalue weighted by molar-refractivity contribution is -0.139. The van der Waals surface area contributed by atoms with Crippen molar-refractivity contribution in [1.29, 1.82) is 0 Å². The maximum atomic E-state index is 12.7. The quantitative estimate of drug-likeness (QED) is 0.254. The van der Waals surface area contributed by atoms with Gasteiger partial charge in [-0.3, -0.25) is 9.78 Å². The normalized spacial score (nSPS) is 15.6. The molecule has 1 unspecified atom stereocenters. The van der Waals surface area contributed by atoms with Crippen LogP contribution in [0.2, 0.25) is 0 Å². The van der Waals surface area contributed by atoms with Gasteiger partial charge in [-0.2, -0.15) is 0 Å². The Labute approximate surface area is 230 Å². The van der Waals surface area contributed by atoms with E-state index in [1.54, 1.807) is 43.5 Å². The molecular formula is C28H37N3O5S2. The molecular weight excluding hydrogens is 522 g/mol. The molecule has 1 aromatic heterocycles. The summed E-state index contributed by atoms with van der Waals surface area (Å²) in [7, 11) is -3.00. The number of aryl methyl sites for hydroxylation is 2. The second-order valence-corrected chi connectivity index (χ2v) is 13.1. The zero-order valence-electron chi connectivity index (χ0n) is 22.2. The summed E-state index contributed by atoms with van der Waals surface area (Å²) in [4.78, 5) is 29.6. The Hall–Kier alpha value is -2.85. The molecule has 0 bridgehead atoms. The second-order valence-electron chi connectivity index (χ2n) is 10.4. The number of benzene rings is 1. The van der Waals surface area contributed by atoms with Crippen molar-refractivity contribution in [3.05, 3.63) is 58.9 Å². The standard InChI is InChI=1S/C28H37N3O5S2/c1-19-12-16-29-20(2)24(19)25(32)30-22-10-8-21(9-11-22)18-23(26(33)34)31-27(37)28(13-4-5-14-28)15-6-7-17-38(3,35)36/h8-12,16,23H,4-7,13-15,17-18H2,1-3H3,(H,30,32)(H,31,37)(H,33,34). The number of hydrogen-bond acceptors (Lipinski definition) is 6. The van der Waals surface area contributed by atoms with Gasteiger partial charge in [0.25, 0.3) is 5.91 Å². The Morgan fingerprint density at radius 3 is 2.34 bits per heavy atom. The first-order valence-electron chi connectivity index (χ1n) is 12.9. The minimum absolute atomic E-state index is 0.152. The molecule has 1 saturated carbocycles. The molecule has 3 N–H and O–H groups in total. The topological polar surface area (TPSA) is 125 Å². The predicted molar refractivity (Wildman–Crippen MR) is 153 cm³/mol. The van der Waals surface area contributed by atoms with Crippen molar-refractivity contribution in [2.45, 2.75) is 71.3 Å². The van der Waals surface area contributed by atoms with Gasteiger partial charge in [-0.15, -0.1) is 0 Å². The number of nitrogens with one attached hydrogen (secondary N) is 2. The monoisotopic (exact) mass is 559 g/mol. The summed E-state index contributed by atoms with van der Waals surface area (Å²) in [6, 6.07) is 8.01. The molecule has 10 heteroatoms. The van der Waals surface area contributed by atoms with Crippen LogP contribution >= 0.6 is 12.2 Å². The molecule has 1 atom stereocenters. The number of amides is 1. The highest BCUT2D eigenvalue weighted by Crippen LogP contribution is 2.43. The van der Waals surface area contributed by atoms with Gasteiger partial charge >= 0.3 is 5.97 Å². The Morgan fingerprint density at radius 2 is 1.76 bits per heavy atom. The molecule has 0 radical (unpaired) electrons. The van der Waals surface area contributed by atoms with E-state index in [4.69, 9.17) is 12.2 Å². The number of carbonyl (C=O) groups is 2. The van der Waals surface area contributed by atoms with Gasteiger partial charge in [0.1, 0.15) is 15.9 Å². The Kier molecular flexibility index (Phi) is 10.0. The average Bonchev–Trinajstić information content (AvgIpc) is 3.32. The van der Waals surface area contributed by atoms with Crippen LogP contribution in [-0.4, -0.2) is 53.4 Å². The fourth-order valence-corrected chi connectivity index (χ4v) is 6.35. The Morgan fingerprint density at radius 1 is 1.11 bits per heavy atom. The smallest absolute Gasteiger partial charge is 0.326 e. The van der Waals surface area contributed by atoms with Gasteiger partial charge in [-0.05, 0) is 68.9 Å². The summed E-state index contributed by atoms with van der Waals surface area (Å²) in [6.07, 6.45) is 9.02. The number of aromatic nitrogens is 1. The van der Waals surface area contributed by atoms with Gasteiger partial charge < -0.3 is 15.7 Å². The molecule has 1 heterocycles. The van der Waals surface area contributed by atoms with Gasteiger partial charge in [0.15, 0.2) is 0 Å². The number of hydrogen-bond donors (Lipinski definition) is 3. The third-order valence-electron chi connectivity index (χ3n) is 7.29. The van der Waals surface area contributed by atoms with Gasteiger partial charge in [-0.1, -0.05) is 43.6 Å². The number of pyridine rings is 1. The van der Waals surface area contributed by atoms with Gasteiger partial charge in [0.2, 0.25) is 0 Å². The van der Waals surface area contributed by atoms with Crippen LogP contribution in [0.15, 0.2) is 36.5 Å². The third kappa shape index (κ3) is 8.07. The van der Waals surface area contributed by atoms with E-state index in [9.17, 15) is 23.1 Å². The molecule has 1 aliphatic carbocycles. The molecule has 2 aromatic rings. The Balaban J connectivity index is 1.63. The van der Waals surface area contributed by atoms with Gasteiger partial charge in [0.05, 0.1) is 16.2 Å². The zero-order chi connectivity index (χ0) is 27.9. The fraction of sp³-hybridized carbons (Fsp3) is 0.500. The van der Waals surface area contributed by atoms with Crippen LogP contribution in [0.25, 0.3) is 0 Å². The minimum atomic E-state index is -3.00. The summed E-state index contributed by atoms with van der Waals surface area (Å²) >= 11 is 5.75. The zero-order valence-corrected chi connectivity index (χ0v) is 23.9. The van der Waals surface area contributed by atoms with Crippen LogP contribution in [0.3, 0.4) is 0 Å². The van der Waals surface area contributed by atoms with E-state index in [-0.39, 0.29) is 23.5 Å². The van der Waals surface area contributed by atoms with Crippen LogP contribution in [0.1, 0.15) is 72.1 Å². The van der Waals surface area contributed by atoms with Crippen molar-refractivity contribution in [1.82, 2.24) is 10.3 Å². The number of carboxylic acids is 1. The predicted octanol–water partition coefficient (Wildman–Crippen LogP) is 4.64. The SMILES string of the molecule is Cc1ccnc(C)c1C(=O)Nc1ccc(CC(NC(=S)C2(CCCCS(C)(=O)=O)CCCC2)C(=O)O)cc1. The van der Waals surface area contributed by atoms with Crippen LogP contribution in [0, 0.1) is 19.3 Å². The first kappa shape index (κ1) is 29.7. The number of carboxylic acid groups (broad SMARTS) is 1. The van der Waals surface area contributed by atoms with Crippen LogP contribution < -0.4 is 10.6 Å². The number of unbranched alkanes of at least 4 members (excludes halogenated alkanes) is 1. The maximum Gasteiger partial charge on any atom is 0.326 e. The number of thiocarbonyl (C=S) groups is 1. The van der Waals surface area contributed by atoms with E-state index in [0.29, 0.717) is 28.4 Å². The molecule has 8 nitrogen and oxygen atoms in total. The van der Waals surface area contributed by atoms with E-state index in [1.807, 2.05) is 6.92 Å². The number of anilines is 1. The van der Waals surface area contributed by atoms with E-state index in [2.05, 4.69) is 15.6 Å². The molecule has 0 spiro atoms. The lowest BCUT2D eigenvalue weighted by atomic mass is 9.80. The molecule has 1 aromatic carbocycles. The summed E-state index contributed by atoms with van der Waals surface area (Å²) in [6.45, 7) is 3.65. The van der Waals surface area contributed by atoms with Crippen molar-refractivity contribution in [2.75, 3.05) is 17.3 Å². The maximum absolute atomic E-state index is 12.7. The fourth-order valence-electron chi connectivity index (χ4n) is 5.17. The van der Waals surface area contributed by atoms with Gasteiger partial charge in [-0.25, -0.2) is 13.2 Å².